The Balaban J connectivity index is 1.82. The van der Waals surface area contributed by atoms with Crippen LogP contribution in [0.1, 0.15) is 26.4 Å². The minimum Gasteiger partial charge on any atom is -0.492 e. The van der Waals surface area contributed by atoms with E-state index in [9.17, 15) is 14.7 Å². The molecule has 8 heteroatoms. The van der Waals surface area contributed by atoms with E-state index in [-0.39, 0.29) is 20.3 Å². The van der Waals surface area contributed by atoms with E-state index >= 15 is 0 Å². The summed E-state index contributed by atoms with van der Waals surface area (Å²) in [5.74, 6) is -1.13. The molecule has 0 radical (unpaired) electrons. The van der Waals surface area contributed by atoms with Crippen LogP contribution in [0.5, 0.6) is 5.88 Å². The molecule has 6 nitrogen and oxygen atoms in total. The first kappa shape index (κ1) is 18.3. The number of aromatic hydroxyl groups is 1. The fraction of sp³-hybridized carbons (Fsp3) is 0.100. The van der Waals surface area contributed by atoms with Crippen LogP contribution in [0.4, 0.5) is 0 Å². The molecule has 1 aromatic heterocycles. The number of rotatable bonds is 3. The number of amides is 2. The summed E-state index contributed by atoms with van der Waals surface area (Å²) in [7, 11) is 0. The second-order valence-corrected chi connectivity index (χ2v) is 8.07. The van der Waals surface area contributed by atoms with Gasteiger partial charge >= 0.3 is 0 Å². The van der Waals surface area contributed by atoms with E-state index in [2.05, 4.69) is 10.4 Å². The Morgan fingerprint density at radius 2 is 1.96 bits per heavy atom. The first-order chi connectivity index (χ1) is 13.4. The summed E-state index contributed by atoms with van der Waals surface area (Å²) in [6.45, 7) is 3.73. The Kier molecular flexibility index (Phi) is 4.44. The molecule has 0 unspecified atom stereocenters. The van der Waals surface area contributed by atoms with E-state index in [1.807, 2.05) is 38.1 Å². The lowest BCUT2D eigenvalue weighted by Crippen LogP contribution is -2.24. The van der Waals surface area contributed by atoms with Crippen LogP contribution in [0.2, 0.25) is 0 Å². The van der Waals surface area contributed by atoms with Gasteiger partial charge in [0.25, 0.3) is 11.8 Å². The molecular formula is C20H15N3O3S2. The molecule has 0 saturated heterocycles. The molecule has 0 atom stereocenters. The van der Waals surface area contributed by atoms with Crippen LogP contribution < -0.4 is 16.0 Å². The highest BCUT2D eigenvalue weighted by molar-refractivity contribution is 7.73. The van der Waals surface area contributed by atoms with Gasteiger partial charge in [0.15, 0.2) is 3.95 Å². The Morgan fingerprint density at radius 3 is 2.71 bits per heavy atom. The molecule has 2 heterocycles. The number of aryl methyl sites for hydroxylation is 2. The van der Waals surface area contributed by atoms with Crippen molar-refractivity contribution >= 4 is 40.9 Å². The van der Waals surface area contributed by atoms with Gasteiger partial charge in [-0.25, -0.2) is 4.99 Å². The molecular weight excluding hydrogens is 394 g/mol. The van der Waals surface area contributed by atoms with Crippen molar-refractivity contribution in [1.29, 1.82) is 0 Å². The van der Waals surface area contributed by atoms with Gasteiger partial charge in [-0.1, -0.05) is 41.2 Å². The highest BCUT2D eigenvalue weighted by Crippen LogP contribution is 2.31. The molecule has 140 valence electrons. The van der Waals surface area contributed by atoms with Gasteiger partial charge in [-0.3, -0.25) is 15.0 Å². The molecule has 28 heavy (non-hydrogen) atoms. The second kappa shape index (κ2) is 6.81. The lowest BCUT2D eigenvalue weighted by molar-refractivity contribution is -0.112. The van der Waals surface area contributed by atoms with Crippen LogP contribution in [0.25, 0.3) is 5.57 Å². The minimum atomic E-state index is -0.440. The van der Waals surface area contributed by atoms with E-state index < -0.39 is 11.8 Å². The van der Waals surface area contributed by atoms with E-state index in [0.29, 0.717) is 16.1 Å². The van der Waals surface area contributed by atoms with Crippen LogP contribution in [0.15, 0.2) is 47.5 Å². The van der Waals surface area contributed by atoms with Crippen LogP contribution in [-0.4, -0.2) is 21.6 Å². The molecule has 3 aromatic rings. The molecule has 2 aromatic carbocycles. The first-order valence-electron chi connectivity index (χ1n) is 8.43. The van der Waals surface area contributed by atoms with Crippen LogP contribution >= 0.6 is 23.6 Å². The molecule has 2 amide bonds. The standard InChI is InChI=1S/C20H15N3O3S2/c1-10-7-8-14-13(9-10)15(18(25)21-14)16-19(26)23(20(27)28-16)22-17(24)12-6-4-3-5-11(12)2/h3-9,26H,1-2H3,(H,22,24). The van der Waals surface area contributed by atoms with Gasteiger partial charge in [-0.05, 0) is 49.8 Å². The smallest absolute Gasteiger partial charge is 0.279 e. The van der Waals surface area contributed by atoms with Gasteiger partial charge in [0, 0.05) is 10.8 Å². The third kappa shape index (κ3) is 2.96. The lowest BCUT2D eigenvalue weighted by Gasteiger charge is -2.09. The maximum Gasteiger partial charge on any atom is 0.279 e. The molecule has 1 aliphatic rings. The number of hydrogen-bond acceptors (Lipinski definition) is 5. The molecule has 4 rings (SSSR count). The third-order valence-corrected chi connectivity index (χ3v) is 5.85. The van der Waals surface area contributed by atoms with Gasteiger partial charge in [-0.15, -0.1) is 0 Å². The zero-order valence-corrected chi connectivity index (χ0v) is 16.6. The van der Waals surface area contributed by atoms with Crippen molar-refractivity contribution in [1.82, 2.24) is 4.68 Å². The second-order valence-electron chi connectivity index (χ2n) is 6.42. The zero-order valence-electron chi connectivity index (χ0n) is 15.0. The zero-order chi connectivity index (χ0) is 20.0. The largest absolute Gasteiger partial charge is 0.492 e. The predicted octanol–water partition coefficient (Wildman–Crippen LogP) is 2.34. The Morgan fingerprint density at radius 1 is 1.21 bits per heavy atom. The van der Waals surface area contributed by atoms with E-state index in [1.165, 1.54) is 0 Å². The molecule has 0 spiro atoms. The highest BCUT2D eigenvalue weighted by atomic mass is 32.1. The van der Waals surface area contributed by atoms with Crippen molar-refractivity contribution in [3.63, 3.8) is 0 Å². The molecule has 1 aliphatic heterocycles. The third-order valence-electron chi connectivity index (χ3n) is 4.47. The van der Waals surface area contributed by atoms with E-state index in [1.54, 1.807) is 18.2 Å². The number of carbonyl (C=O) groups excluding carboxylic acids is 2. The average Bonchev–Trinajstić information content (AvgIpc) is 3.11. The van der Waals surface area contributed by atoms with Gasteiger partial charge in [0.2, 0.25) is 5.88 Å². The van der Waals surface area contributed by atoms with Gasteiger partial charge in [-0.2, -0.15) is 4.68 Å². The lowest BCUT2D eigenvalue weighted by atomic mass is 10.1. The van der Waals surface area contributed by atoms with Gasteiger partial charge < -0.3 is 5.11 Å². The van der Waals surface area contributed by atoms with E-state index in [0.717, 1.165) is 27.1 Å². The van der Waals surface area contributed by atoms with Crippen molar-refractivity contribution in [3.05, 3.63) is 78.6 Å². The van der Waals surface area contributed by atoms with Crippen LogP contribution in [0, 0.1) is 17.8 Å². The average molecular weight is 409 g/mol. The molecule has 0 fully saturated rings. The number of fused-ring (bicyclic) bond motifs is 1. The van der Waals surface area contributed by atoms with Crippen molar-refractivity contribution < 1.29 is 14.7 Å². The van der Waals surface area contributed by atoms with Gasteiger partial charge in [0.05, 0.1) is 10.9 Å². The number of thiazole rings is 1. The number of nitrogens with one attached hydrogen (secondary N) is 1. The monoisotopic (exact) mass is 409 g/mol. The summed E-state index contributed by atoms with van der Waals surface area (Å²) < 4.78 is 1.34. The number of carbonyl (C=O) groups is 2. The summed E-state index contributed by atoms with van der Waals surface area (Å²) >= 11 is 6.36. The summed E-state index contributed by atoms with van der Waals surface area (Å²) in [6, 6.07) is 12.6. The van der Waals surface area contributed by atoms with Crippen molar-refractivity contribution in [2.75, 3.05) is 5.43 Å². The maximum atomic E-state index is 12.6. The predicted molar refractivity (Wildman–Crippen MR) is 109 cm³/mol. The Labute approximate surface area is 169 Å². The van der Waals surface area contributed by atoms with Crippen molar-refractivity contribution in [2.24, 2.45) is 4.99 Å². The summed E-state index contributed by atoms with van der Waals surface area (Å²) in [5, 5.41) is 11.9. The summed E-state index contributed by atoms with van der Waals surface area (Å²) in [5.41, 5.74) is 5.13. The Bertz CT molecular complexity index is 1340. The molecule has 0 bridgehead atoms. The van der Waals surface area contributed by atoms with Crippen molar-refractivity contribution in [2.45, 2.75) is 13.8 Å². The van der Waals surface area contributed by atoms with Gasteiger partial charge in [0.1, 0.15) is 4.88 Å². The highest BCUT2D eigenvalue weighted by Gasteiger charge is 2.26. The fourth-order valence-corrected chi connectivity index (χ4v) is 4.33. The molecule has 0 saturated carbocycles. The normalized spacial score (nSPS) is 12.6. The fourth-order valence-electron chi connectivity index (χ4n) is 3.07. The number of nitrogens with zero attached hydrogens (tertiary/aromatic N) is 2. The topological polar surface area (TPSA) is 83.7 Å². The maximum absolute atomic E-state index is 12.6. The van der Waals surface area contributed by atoms with Crippen LogP contribution in [-0.2, 0) is 4.79 Å². The molecule has 2 N–H and O–H groups in total. The number of benzene rings is 2. The number of hydrogen-bond donors (Lipinski definition) is 2. The van der Waals surface area contributed by atoms with Crippen molar-refractivity contribution in [3.8, 4) is 5.88 Å². The Hall–Kier alpha value is -3.10. The molecule has 0 aliphatic carbocycles. The van der Waals surface area contributed by atoms with E-state index in [4.69, 9.17) is 12.2 Å². The summed E-state index contributed by atoms with van der Waals surface area (Å²) in [6.07, 6.45) is 0. The van der Waals surface area contributed by atoms with Crippen LogP contribution in [0.3, 0.4) is 0 Å². The quantitative estimate of drug-likeness (QED) is 0.651. The SMILES string of the molecule is Cc1ccc2c(c1)=C(c1sc(=S)n(NC(=O)c3ccccc3C)c1O)C(=O)N=2. The first-order valence-corrected chi connectivity index (χ1v) is 9.65. The number of aromatic nitrogens is 1. The summed E-state index contributed by atoms with van der Waals surface area (Å²) in [4.78, 5) is 29.4. The minimum absolute atomic E-state index is 0.218.